The second-order valence-electron chi connectivity index (χ2n) is 7.66. The average Bonchev–Trinajstić information content (AvgIpc) is 3.06. The van der Waals surface area contributed by atoms with E-state index in [9.17, 15) is 4.79 Å². The van der Waals surface area contributed by atoms with Gasteiger partial charge in [-0.3, -0.25) is 9.69 Å². The van der Waals surface area contributed by atoms with Crippen LogP contribution in [0, 0.1) is 20.8 Å². The minimum absolute atomic E-state index is 0.138. The first-order chi connectivity index (χ1) is 13.8. The fourth-order valence-corrected chi connectivity index (χ4v) is 4.87. The van der Waals surface area contributed by atoms with E-state index in [0.717, 1.165) is 27.6 Å². The van der Waals surface area contributed by atoms with Crippen molar-refractivity contribution >= 4 is 44.4 Å². The molecule has 0 aliphatic rings. The Bertz CT molecular complexity index is 941. The third-order valence-corrected chi connectivity index (χ3v) is 6.96. The zero-order chi connectivity index (χ0) is 21.0. The molecule has 1 amide bonds. The summed E-state index contributed by atoms with van der Waals surface area (Å²) in [7, 11) is 4.06. The molecule has 0 aliphatic heterocycles. The molecular weight excluding hydrogens is 398 g/mol. The van der Waals surface area contributed by atoms with Crippen LogP contribution >= 0.6 is 23.1 Å². The topological polar surface area (TPSA) is 36.4 Å². The van der Waals surface area contributed by atoms with E-state index in [1.165, 1.54) is 21.6 Å². The number of amides is 1. The molecule has 1 heterocycles. The van der Waals surface area contributed by atoms with Gasteiger partial charge in [0, 0.05) is 30.2 Å². The van der Waals surface area contributed by atoms with Crippen LogP contribution < -0.4 is 4.90 Å². The van der Waals surface area contributed by atoms with Gasteiger partial charge in [-0.15, -0.1) is 11.8 Å². The minimum Gasteiger partial charge on any atom is -0.308 e. The number of carbonyl (C=O) groups excluding carboxylic acids is 1. The van der Waals surface area contributed by atoms with Crippen molar-refractivity contribution in [2.24, 2.45) is 0 Å². The second-order valence-corrected chi connectivity index (χ2v) is 9.84. The number of aromatic nitrogens is 1. The summed E-state index contributed by atoms with van der Waals surface area (Å²) >= 11 is 3.34. The predicted octanol–water partition coefficient (Wildman–Crippen LogP) is 5.30. The number of aryl methyl sites for hydroxylation is 3. The Hall–Kier alpha value is -1.89. The average molecular weight is 428 g/mol. The standard InChI is InChI=1S/C23H29N3OS2/c1-16-6-8-19(9-7-16)28-13-10-22(27)26(12-11-25(4)5)23-24-20-14-17(2)18(3)15-21(20)29-23/h6-9,14-15H,10-13H2,1-5H3. The van der Waals surface area contributed by atoms with Crippen LogP contribution in [-0.2, 0) is 4.79 Å². The number of anilines is 1. The number of hydrogen-bond acceptors (Lipinski definition) is 5. The van der Waals surface area contributed by atoms with Gasteiger partial charge in [-0.2, -0.15) is 0 Å². The SMILES string of the molecule is Cc1ccc(SCCC(=O)N(CCN(C)C)c2nc3cc(C)c(C)cc3s2)cc1. The molecule has 3 aromatic rings. The van der Waals surface area contributed by atoms with Crippen LogP contribution in [0.5, 0.6) is 0 Å². The Morgan fingerprint density at radius 1 is 1.03 bits per heavy atom. The van der Waals surface area contributed by atoms with Crippen molar-refractivity contribution in [3.63, 3.8) is 0 Å². The van der Waals surface area contributed by atoms with E-state index in [1.54, 1.807) is 23.1 Å². The van der Waals surface area contributed by atoms with Crippen molar-refractivity contribution in [1.29, 1.82) is 0 Å². The zero-order valence-corrected chi connectivity index (χ0v) is 19.5. The molecule has 3 rings (SSSR count). The van der Waals surface area contributed by atoms with Gasteiger partial charge in [0.15, 0.2) is 5.13 Å². The van der Waals surface area contributed by atoms with Gasteiger partial charge in [0.05, 0.1) is 10.2 Å². The monoisotopic (exact) mass is 427 g/mol. The van der Waals surface area contributed by atoms with Gasteiger partial charge in [-0.25, -0.2) is 4.98 Å². The first-order valence-corrected chi connectivity index (χ1v) is 11.7. The van der Waals surface area contributed by atoms with Gasteiger partial charge in [0.1, 0.15) is 0 Å². The largest absolute Gasteiger partial charge is 0.308 e. The quantitative estimate of drug-likeness (QED) is 0.457. The molecule has 154 valence electrons. The first-order valence-electron chi connectivity index (χ1n) is 9.86. The van der Waals surface area contributed by atoms with E-state index in [-0.39, 0.29) is 5.91 Å². The number of thiazole rings is 1. The normalized spacial score (nSPS) is 11.4. The van der Waals surface area contributed by atoms with Gasteiger partial charge in [-0.1, -0.05) is 29.0 Å². The maximum atomic E-state index is 13.1. The number of likely N-dealkylation sites (N-methyl/N-ethyl adjacent to an activating group) is 1. The summed E-state index contributed by atoms with van der Waals surface area (Å²) in [6, 6.07) is 12.7. The second kappa shape index (κ2) is 9.74. The number of thioether (sulfide) groups is 1. The van der Waals surface area contributed by atoms with Gasteiger partial charge >= 0.3 is 0 Å². The number of fused-ring (bicyclic) bond motifs is 1. The lowest BCUT2D eigenvalue weighted by atomic mass is 10.1. The summed E-state index contributed by atoms with van der Waals surface area (Å²) < 4.78 is 1.14. The van der Waals surface area contributed by atoms with Gasteiger partial charge in [0.25, 0.3) is 0 Å². The summed E-state index contributed by atoms with van der Waals surface area (Å²) in [5.74, 6) is 0.905. The molecule has 1 aromatic heterocycles. The Balaban J connectivity index is 1.73. The molecule has 0 spiro atoms. The number of nitrogens with zero attached hydrogens (tertiary/aromatic N) is 3. The van der Waals surface area contributed by atoms with E-state index in [0.29, 0.717) is 13.0 Å². The van der Waals surface area contributed by atoms with E-state index >= 15 is 0 Å². The first kappa shape index (κ1) is 21.8. The van der Waals surface area contributed by atoms with Crippen molar-refractivity contribution in [3.05, 3.63) is 53.1 Å². The molecule has 6 heteroatoms. The maximum absolute atomic E-state index is 13.1. The third-order valence-electron chi connectivity index (χ3n) is 4.90. The van der Waals surface area contributed by atoms with Crippen molar-refractivity contribution in [1.82, 2.24) is 9.88 Å². The van der Waals surface area contributed by atoms with Crippen LogP contribution in [0.3, 0.4) is 0 Å². The molecule has 0 N–H and O–H groups in total. The maximum Gasteiger partial charge on any atom is 0.229 e. The Morgan fingerprint density at radius 3 is 2.41 bits per heavy atom. The number of rotatable bonds is 8. The van der Waals surface area contributed by atoms with Crippen LogP contribution in [0.25, 0.3) is 10.2 Å². The molecule has 0 bridgehead atoms. The molecule has 29 heavy (non-hydrogen) atoms. The van der Waals surface area contributed by atoms with E-state index in [1.807, 2.05) is 19.0 Å². The number of benzene rings is 2. The molecule has 0 fully saturated rings. The van der Waals surface area contributed by atoms with Crippen LogP contribution in [0.4, 0.5) is 5.13 Å². The summed E-state index contributed by atoms with van der Waals surface area (Å²) in [6.45, 7) is 7.77. The highest BCUT2D eigenvalue weighted by atomic mass is 32.2. The Kier molecular flexibility index (Phi) is 7.33. The predicted molar refractivity (Wildman–Crippen MR) is 127 cm³/mol. The van der Waals surface area contributed by atoms with Gasteiger partial charge in [-0.05, 0) is 70.3 Å². The minimum atomic E-state index is 0.138. The summed E-state index contributed by atoms with van der Waals surface area (Å²) in [5, 5.41) is 0.803. The summed E-state index contributed by atoms with van der Waals surface area (Å²) in [5.41, 5.74) is 4.72. The van der Waals surface area contributed by atoms with Crippen LogP contribution in [0.1, 0.15) is 23.1 Å². The van der Waals surface area contributed by atoms with E-state index in [2.05, 4.69) is 62.1 Å². The summed E-state index contributed by atoms with van der Waals surface area (Å²) in [4.78, 5) is 23.0. The molecule has 0 aliphatic carbocycles. The van der Waals surface area contributed by atoms with Crippen molar-refractivity contribution in [2.75, 3.05) is 37.8 Å². The molecule has 0 unspecified atom stereocenters. The van der Waals surface area contributed by atoms with Crippen LogP contribution in [0.15, 0.2) is 41.3 Å². The van der Waals surface area contributed by atoms with Crippen LogP contribution in [0.2, 0.25) is 0 Å². The molecule has 0 radical (unpaired) electrons. The summed E-state index contributed by atoms with van der Waals surface area (Å²) in [6.07, 6.45) is 0.500. The molecule has 0 saturated heterocycles. The van der Waals surface area contributed by atoms with Crippen molar-refractivity contribution < 1.29 is 4.79 Å². The smallest absolute Gasteiger partial charge is 0.229 e. The van der Waals surface area contributed by atoms with Gasteiger partial charge in [0.2, 0.25) is 5.91 Å². The highest BCUT2D eigenvalue weighted by Crippen LogP contribution is 2.31. The van der Waals surface area contributed by atoms with E-state index < -0.39 is 0 Å². The molecule has 2 aromatic carbocycles. The fourth-order valence-electron chi connectivity index (χ4n) is 2.94. The number of hydrogen-bond donors (Lipinski definition) is 0. The Labute approximate surface area is 181 Å². The molecule has 0 atom stereocenters. The highest BCUT2D eigenvalue weighted by molar-refractivity contribution is 7.99. The zero-order valence-electron chi connectivity index (χ0n) is 17.9. The van der Waals surface area contributed by atoms with E-state index in [4.69, 9.17) is 4.98 Å². The molecule has 0 saturated carbocycles. The third kappa shape index (κ3) is 5.81. The lowest BCUT2D eigenvalue weighted by Crippen LogP contribution is -2.36. The Morgan fingerprint density at radius 2 is 1.72 bits per heavy atom. The lowest BCUT2D eigenvalue weighted by Gasteiger charge is -2.22. The lowest BCUT2D eigenvalue weighted by molar-refractivity contribution is -0.118. The molecular formula is C23H29N3OS2. The van der Waals surface area contributed by atoms with Crippen LogP contribution in [-0.4, -0.2) is 48.7 Å². The van der Waals surface area contributed by atoms with Gasteiger partial charge < -0.3 is 4.90 Å². The highest BCUT2D eigenvalue weighted by Gasteiger charge is 2.20. The fraction of sp³-hybridized carbons (Fsp3) is 0.391. The van der Waals surface area contributed by atoms with Crippen molar-refractivity contribution in [2.45, 2.75) is 32.1 Å². The molecule has 4 nitrogen and oxygen atoms in total. The van der Waals surface area contributed by atoms with Crippen molar-refractivity contribution in [3.8, 4) is 0 Å². The number of carbonyl (C=O) groups is 1.